The largest absolute Gasteiger partial charge is 0.480 e. The van der Waals surface area contributed by atoms with Crippen molar-refractivity contribution in [3.8, 4) is 0 Å². The molecule has 6 nitrogen and oxygen atoms in total. The summed E-state index contributed by atoms with van der Waals surface area (Å²) in [6, 6.07) is -1.15. The van der Waals surface area contributed by atoms with Gasteiger partial charge in [-0.2, -0.15) is 0 Å². The summed E-state index contributed by atoms with van der Waals surface area (Å²) in [7, 11) is 0. The van der Waals surface area contributed by atoms with Gasteiger partial charge >= 0.3 is 12.0 Å². The lowest BCUT2D eigenvalue weighted by molar-refractivity contribution is -0.141. The SMILES string of the molecule is CC(C)(C)C1CCN(C(=O)N2CC(O)C[C@H]2C(=O)O)C1. The van der Waals surface area contributed by atoms with Gasteiger partial charge in [-0.15, -0.1) is 0 Å². The van der Waals surface area contributed by atoms with Gasteiger partial charge in [0.05, 0.1) is 6.10 Å². The summed E-state index contributed by atoms with van der Waals surface area (Å²) in [5.41, 5.74) is 0.145. The van der Waals surface area contributed by atoms with E-state index in [9.17, 15) is 14.7 Å². The molecule has 114 valence electrons. The Labute approximate surface area is 119 Å². The molecule has 0 spiro atoms. The number of rotatable bonds is 1. The van der Waals surface area contributed by atoms with E-state index in [-0.39, 0.29) is 24.4 Å². The number of aliphatic hydroxyl groups excluding tert-OH is 1. The number of aliphatic carboxylic acids is 1. The van der Waals surface area contributed by atoms with Crippen molar-refractivity contribution in [2.75, 3.05) is 19.6 Å². The number of carbonyl (C=O) groups is 2. The van der Waals surface area contributed by atoms with E-state index in [2.05, 4.69) is 20.8 Å². The Balaban J connectivity index is 2.03. The molecule has 2 aliphatic rings. The maximum Gasteiger partial charge on any atom is 0.326 e. The van der Waals surface area contributed by atoms with Gasteiger partial charge in [-0.05, 0) is 17.8 Å². The molecule has 2 N–H and O–H groups in total. The molecule has 2 saturated heterocycles. The summed E-state index contributed by atoms with van der Waals surface area (Å²) in [6.07, 6.45) is 0.335. The summed E-state index contributed by atoms with van der Waals surface area (Å²) in [5.74, 6) is -0.608. The molecule has 0 aromatic rings. The molecule has 2 fully saturated rings. The molecule has 20 heavy (non-hydrogen) atoms. The Morgan fingerprint density at radius 3 is 2.35 bits per heavy atom. The summed E-state index contributed by atoms with van der Waals surface area (Å²) in [4.78, 5) is 26.7. The molecule has 2 amide bonds. The van der Waals surface area contributed by atoms with Crippen LogP contribution in [0.25, 0.3) is 0 Å². The van der Waals surface area contributed by atoms with Gasteiger partial charge in [-0.1, -0.05) is 20.8 Å². The van der Waals surface area contributed by atoms with E-state index in [4.69, 9.17) is 5.11 Å². The second kappa shape index (κ2) is 5.24. The van der Waals surface area contributed by atoms with Crippen molar-refractivity contribution >= 4 is 12.0 Å². The number of β-amino-alcohol motifs (C(OH)–C–C–N with tert-alkyl or cyclic N) is 1. The molecule has 3 atom stereocenters. The molecule has 0 radical (unpaired) electrons. The fraction of sp³-hybridized carbons (Fsp3) is 0.857. The minimum atomic E-state index is -1.04. The summed E-state index contributed by atoms with van der Waals surface area (Å²) < 4.78 is 0. The van der Waals surface area contributed by atoms with Crippen LogP contribution in [-0.4, -0.2) is 63.8 Å². The van der Waals surface area contributed by atoms with E-state index >= 15 is 0 Å². The van der Waals surface area contributed by atoms with Crippen LogP contribution in [0.15, 0.2) is 0 Å². The molecule has 6 heteroatoms. The molecule has 0 aromatic carbocycles. The molecule has 0 aliphatic carbocycles. The number of amides is 2. The molecular formula is C14H24N2O4. The van der Waals surface area contributed by atoms with Crippen LogP contribution in [0.3, 0.4) is 0 Å². The minimum absolute atomic E-state index is 0.118. The van der Waals surface area contributed by atoms with Gasteiger partial charge in [0.25, 0.3) is 0 Å². The standard InChI is InChI=1S/C14H24N2O4/c1-14(2,3)9-4-5-15(7-9)13(20)16-8-10(17)6-11(16)12(18)19/h9-11,17H,4-8H2,1-3H3,(H,18,19)/t9?,10?,11-/m0/s1. The Bertz CT molecular complexity index is 404. The van der Waals surface area contributed by atoms with Crippen molar-refractivity contribution in [3.05, 3.63) is 0 Å². The van der Waals surface area contributed by atoms with Crippen molar-refractivity contribution in [1.82, 2.24) is 9.80 Å². The average Bonchev–Trinajstić information content (AvgIpc) is 2.93. The minimum Gasteiger partial charge on any atom is -0.480 e. The lowest BCUT2D eigenvalue weighted by Crippen LogP contribution is -2.47. The van der Waals surface area contributed by atoms with Crippen molar-refractivity contribution in [3.63, 3.8) is 0 Å². The molecular weight excluding hydrogens is 260 g/mol. The highest BCUT2D eigenvalue weighted by Gasteiger charge is 2.43. The summed E-state index contributed by atoms with van der Waals surface area (Å²) in [6.45, 7) is 7.93. The van der Waals surface area contributed by atoms with Gasteiger partial charge in [0.15, 0.2) is 0 Å². The maximum atomic E-state index is 12.5. The third-order valence-electron chi connectivity index (χ3n) is 4.49. The van der Waals surface area contributed by atoms with Crippen LogP contribution in [0.1, 0.15) is 33.6 Å². The molecule has 0 bridgehead atoms. The zero-order valence-corrected chi connectivity index (χ0v) is 12.4. The Kier molecular flexibility index (Phi) is 3.95. The van der Waals surface area contributed by atoms with E-state index in [1.165, 1.54) is 4.90 Å². The molecule has 2 heterocycles. The number of carbonyl (C=O) groups excluding carboxylic acids is 1. The quantitative estimate of drug-likeness (QED) is 0.752. The Hall–Kier alpha value is -1.30. The predicted molar refractivity (Wildman–Crippen MR) is 73.3 cm³/mol. The van der Waals surface area contributed by atoms with Crippen molar-refractivity contribution in [2.45, 2.75) is 45.8 Å². The zero-order chi connectivity index (χ0) is 15.1. The fourth-order valence-corrected chi connectivity index (χ4v) is 3.08. The molecule has 0 saturated carbocycles. The van der Waals surface area contributed by atoms with Crippen LogP contribution in [0.5, 0.6) is 0 Å². The van der Waals surface area contributed by atoms with Crippen molar-refractivity contribution in [2.24, 2.45) is 11.3 Å². The smallest absolute Gasteiger partial charge is 0.326 e. The second-order valence-corrected chi connectivity index (χ2v) is 6.98. The van der Waals surface area contributed by atoms with Crippen LogP contribution in [0.4, 0.5) is 4.79 Å². The average molecular weight is 284 g/mol. The third-order valence-corrected chi connectivity index (χ3v) is 4.49. The first kappa shape index (κ1) is 15.1. The first-order valence-electron chi connectivity index (χ1n) is 7.16. The summed E-state index contributed by atoms with van der Waals surface area (Å²) >= 11 is 0. The van der Waals surface area contributed by atoms with Crippen LogP contribution in [0, 0.1) is 11.3 Å². The van der Waals surface area contributed by atoms with Gasteiger partial charge in [0.2, 0.25) is 0 Å². The first-order valence-corrected chi connectivity index (χ1v) is 7.16. The van der Waals surface area contributed by atoms with Crippen LogP contribution in [-0.2, 0) is 4.79 Å². The molecule has 2 aliphatic heterocycles. The van der Waals surface area contributed by atoms with Crippen LogP contribution < -0.4 is 0 Å². The lowest BCUT2D eigenvalue weighted by Gasteiger charge is -2.30. The highest BCUT2D eigenvalue weighted by molar-refractivity contribution is 5.83. The number of carboxylic acids is 1. The van der Waals surface area contributed by atoms with E-state index in [1.807, 2.05) is 0 Å². The van der Waals surface area contributed by atoms with Gasteiger partial charge in [-0.3, -0.25) is 0 Å². The van der Waals surface area contributed by atoms with Crippen molar-refractivity contribution < 1.29 is 19.8 Å². The maximum absolute atomic E-state index is 12.5. The topological polar surface area (TPSA) is 81.1 Å². The fourth-order valence-electron chi connectivity index (χ4n) is 3.08. The second-order valence-electron chi connectivity index (χ2n) is 6.98. The summed E-state index contributed by atoms with van der Waals surface area (Å²) in [5, 5.41) is 18.8. The molecule has 2 unspecified atom stereocenters. The van der Waals surface area contributed by atoms with E-state index in [0.717, 1.165) is 6.42 Å². The number of urea groups is 1. The highest BCUT2D eigenvalue weighted by Crippen LogP contribution is 2.34. The lowest BCUT2D eigenvalue weighted by atomic mass is 9.80. The number of hydrogen-bond donors (Lipinski definition) is 2. The first-order chi connectivity index (χ1) is 9.20. The van der Waals surface area contributed by atoms with Gasteiger partial charge in [0.1, 0.15) is 6.04 Å². The van der Waals surface area contributed by atoms with Gasteiger partial charge in [-0.25, -0.2) is 9.59 Å². The number of likely N-dealkylation sites (tertiary alicyclic amines) is 2. The molecule has 2 rings (SSSR count). The number of nitrogens with zero attached hydrogens (tertiary/aromatic N) is 2. The monoisotopic (exact) mass is 284 g/mol. The normalized spacial score (nSPS) is 30.9. The van der Waals surface area contributed by atoms with Gasteiger partial charge < -0.3 is 20.0 Å². The number of aliphatic hydroxyl groups is 1. The molecule has 0 aromatic heterocycles. The van der Waals surface area contributed by atoms with Gasteiger partial charge in [0, 0.05) is 26.1 Å². The van der Waals surface area contributed by atoms with E-state index in [0.29, 0.717) is 19.0 Å². The van der Waals surface area contributed by atoms with Crippen LogP contribution in [0.2, 0.25) is 0 Å². The van der Waals surface area contributed by atoms with Crippen LogP contribution >= 0.6 is 0 Å². The Morgan fingerprint density at radius 2 is 1.85 bits per heavy atom. The highest BCUT2D eigenvalue weighted by atomic mass is 16.4. The van der Waals surface area contributed by atoms with E-state index in [1.54, 1.807) is 4.90 Å². The van der Waals surface area contributed by atoms with Crippen molar-refractivity contribution in [1.29, 1.82) is 0 Å². The number of carboxylic acid groups (broad SMARTS) is 1. The van der Waals surface area contributed by atoms with E-state index < -0.39 is 18.1 Å². The zero-order valence-electron chi connectivity index (χ0n) is 12.4. The predicted octanol–water partition coefficient (Wildman–Crippen LogP) is 0.994. The Morgan fingerprint density at radius 1 is 1.20 bits per heavy atom. The number of hydrogen-bond acceptors (Lipinski definition) is 3. The third kappa shape index (κ3) is 2.90.